The molecule has 2 aliphatic rings. The average molecular weight is 378 g/mol. The third kappa shape index (κ3) is 2.79. The van der Waals surface area contributed by atoms with Crippen LogP contribution >= 0.6 is 11.6 Å². The highest BCUT2D eigenvalue weighted by Crippen LogP contribution is 2.53. The van der Waals surface area contributed by atoms with Crippen molar-refractivity contribution in [2.24, 2.45) is 17.1 Å². The number of nitrogens with zero attached hydrogens (tertiary/aromatic N) is 4. The molecule has 1 heterocycles. The van der Waals surface area contributed by atoms with Gasteiger partial charge in [-0.1, -0.05) is 35.9 Å². The van der Waals surface area contributed by atoms with Crippen molar-refractivity contribution in [2.45, 2.75) is 25.8 Å². The number of hydrogen-bond acceptors (Lipinski definition) is 5. The highest BCUT2D eigenvalue weighted by atomic mass is 35.5. The zero-order chi connectivity index (χ0) is 19.8. The van der Waals surface area contributed by atoms with E-state index < -0.39 is 5.41 Å². The lowest BCUT2D eigenvalue weighted by Gasteiger charge is -2.46. The van der Waals surface area contributed by atoms with Crippen LogP contribution in [0.3, 0.4) is 0 Å². The molecular weight excluding hydrogens is 358 g/mol. The topological polar surface area (TPSA) is 101 Å². The van der Waals surface area contributed by atoms with Gasteiger partial charge in [0.05, 0.1) is 23.8 Å². The number of allylic oxidation sites excluding steroid dienone is 2. The Morgan fingerprint density at radius 3 is 2.44 bits per heavy atom. The van der Waals surface area contributed by atoms with Gasteiger partial charge in [-0.3, -0.25) is 4.90 Å². The minimum atomic E-state index is -1.63. The van der Waals surface area contributed by atoms with Crippen molar-refractivity contribution < 1.29 is 0 Å². The van der Waals surface area contributed by atoms with Gasteiger partial charge < -0.3 is 5.73 Å². The quantitative estimate of drug-likeness (QED) is 0.795. The standard InChI is InChI=1S/C21H20ClN5/c1-13(2)27-8-7-16-15(10-27)19(14-5-3-4-6-18(14)22)20(26)17(9-23)21(16,11-24)12-25/h3-7,13,15,19H,8,10,26H2,1-2H3/t15-,19+/m1/s1. The molecule has 0 unspecified atom stereocenters. The smallest absolute Gasteiger partial charge is 0.201 e. The number of halogens is 1. The highest BCUT2D eigenvalue weighted by Gasteiger charge is 2.53. The summed E-state index contributed by atoms with van der Waals surface area (Å²) in [5.74, 6) is -0.548. The van der Waals surface area contributed by atoms with Gasteiger partial charge in [0.25, 0.3) is 0 Å². The second-order valence-electron chi connectivity index (χ2n) is 7.23. The van der Waals surface area contributed by atoms with Gasteiger partial charge in [-0.2, -0.15) is 15.8 Å². The van der Waals surface area contributed by atoms with Crippen LogP contribution in [-0.2, 0) is 0 Å². The first-order valence-corrected chi connectivity index (χ1v) is 9.20. The Kier molecular flexibility index (Phi) is 4.99. The Labute approximate surface area is 164 Å². The van der Waals surface area contributed by atoms with E-state index in [4.69, 9.17) is 17.3 Å². The van der Waals surface area contributed by atoms with E-state index in [2.05, 4.69) is 30.9 Å². The molecule has 27 heavy (non-hydrogen) atoms. The predicted octanol–water partition coefficient (Wildman–Crippen LogP) is 3.47. The molecule has 0 saturated carbocycles. The lowest BCUT2D eigenvalue weighted by molar-refractivity contribution is 0.185. The number of hydrogen-bond donors (Lipinski definition) is 1. The summed E-state index contributed by atoms with van der Waals surface area (Å²) < 4.78 is 0. The van der Waals surface area contributed by atoms with Crippen molar-refractivity contribution in [2.75, 3.05) is 13.1 Å². The molecule has 5 nitrogen and oxygen atoms in total. The van der Waals surface area contributed by atoms with Crippen molar-refractivity contribution in [3.63, 3.8) is 0 Å². The summed E-state index contributed by atoms with van der Waals surface area (Å²) in [5.41, 5.74) is 6.58. The lowest BCUT2D eigenvalue weighted by Crippen LogP contribution is -2.48. The van der Waals surface area contributed by atoms with Crippen molar-refractivity contribution >= 4 is 11.6 Å². The van der Waals surface area contributed by atoms with E-state index in [1.807, 2.05) is 30.3 Å². The Hall–Kier alpha value is -2.78. The fourth-order valence-electron chi connectivity index (χ4n) is 4.19. The third-order valence-electron chi connectivity index (χ3n) is 5.63. The fourth-order valence-corrected chi connectivity index (χ4v) is 4.44. The van der Waals surface area contributed by atoms with Gasteiger partial charge >= 0.3 is 0 Å². The van der Waals surface area contributed by atoms with E-state index in [1.165, 1.54) is 0 Å². The van der Waals surface area contributed by atoms with Gasteiger partial charge in [-0.25, -0.2) is 0 Å². The molecule has 0 saturated heterocycles. The molecule has 0 bridgehead atoms. The van der Waals surface area contributed by atoms with E-state index >= 15 is 0 Å². The third-order valence-corrected chi connectivity index (χ3v) is 5.97. The molecular formula is C21H20ClN5. The molecule has 0 spiro atoms. The van der Waals surface area contributed by atoms with Crippen LogP contribution in [0.4, 0.5) is 0 Å². The second-order valence-corrected chi connectivity index (χ2v) is 7.64. The molecule has 0 fully saturated rings. The van der Waals surface area contributed by atoms with E-state index in [-0.39, 0.29) is 23.1 Å². The first kappa shape index (κ1) is 19.0. The van der Waals surface area contributed by atoms with E-state index in [0.29, 0.717) is 29.7 Å². The molecule has 1 aromatic carbocycles. The van der Waals surface area contributed by atoms with E-state index in [9.17, 15) is 15.8 Å². The maximum Gasteiger partial charge on any atom is 0.201 e. The summed E-state index contributed by atoms with van der Waals surface area (Å²) in [6, 6.07) is 13.9. The number of nitrogens with two attached hydrogens (primary N) is 1. The molecule has 1 aliphatic carbocycles. The van der Waals surface area contributed by atoms with Crippen molar-refractivity contribution in [3.8, 4) is 18.2 Å². The monoisotopic (exact) mass is 377 g/mol. The van der Waals surface area contributed by atoms with Crippen LogP contribution < -0.4 is 5.73 Å². The highest BCUT2D eigenvalue weighted by molar-refractivity contribution is 6.31. The van der Waals surface area contributed by atoms with Gasteiger partial charge in [0.1, 0.15) is 0 Å². The zero-order valence-corrected chi connectivity index (χ0v) is 16.0. The molecule has 0 radical (unpaired) electrons. The largest absolute Gasteiger partial charge is 0.401 e. The molecule has 136 valence electrons. The van der Waals surface area contributed by atoms with E-state index in [0.717, 1.165) is 5.56 Å². The number of rotatable bonds is 2. The Balaban J connectivity index is 2.31. The van der Waals surface area contributed by atoms with Crippen LogP contribution in [0.15, 0.2) is 47.2 Å². The molecule has 3 rings (SSSR count). The van der Waals surface area contributed by atoms with Crippen LogP contribution in [0.5, 0.6) is 0 Å². The van der Waals surface area contributed by atoms with Gasteiger partial charge in [-0.15, -0.1) is 0 Å². The van der Waals surface area contributed by atoms with Crippen molar-refractivity contribution in [1.82, 2.24) is 4.90 Å². The van der Waals surface area contributed by atoms with Crippen molar-refractivity contribution in [1.29, 1.82) is 15.8 Å². The van der Waals surface area contributed by atoms with Gasteiger partial charge in [0, 0.05) is 41.7 Å². The molecule has 0 aromatic heterocycles. The normalized spacial score (nSPS) is 24.4. The maximum absolute atomic E-state index is 9.89. The van der Waals surface area contributed by atoms with Crippen LogP contribution in [0.25, 0.3) is 0 Å². The van der Waals surface area contributed by atoms with Crippen LogP contribution in [0.2, 0.25) is 5.02 Å². The van der Waals surface area contributed by atoms with Gasteiger partial charge in [-0.05, 0) is 31.1 Å². The molecule has 1 aliphatic heterocycles. The minimum Gasteiger partial charge on any atom is -0.401 e. The predicted molar refractivity (Wildman–Crippen MR) is 103 cm³/mol. The summed E-state index contributed by atoms with van der Waals surface area (Å²) in [6.45, 7) is 5.48. The molecule has 6 heteroatoms. The zero-order valence-electron chi connectivity index (χ0n) is 15.3. The molecule has 2 atom stereocenters. The molecule has 1 aromatic rings. The SMILES string of the molecule is CC(C)N1CC=C2[C@@H](C1)[C@H](c1ccccc1Cl)C(N)=C(C#N)C2(C#N)C#N. The minimum absolute atomic E-state index is 0.0258. The summed E-state index contributed by atoms with van der Waals surface area (Å²) in [5, 5.41) is 30.1. The van der Waals surface area contributed by atoms with Crippen LogP contribution in [0, 0.1) is 45.3 Å². The molecule has 2 N–H and O–H groups in total. The number of nitriles is 3. The summed E-state index contributed by atoms with van der Waals surface area (Å²) in [4.78, 5) is 2.27. The second kappa shape index (κ2) is 7.09. The summed E-state index contributed by atoms with van der Waals surface area (Å²) >= 11 is 6.46. The first-order chi connectivity index (χ1) is 12.9. The van der Waals surface area contributed by atoms with Crippen LogP contribution in [0.1, 0.15) is 25.3 Å². The fraction of sp³-hybridized carbons (Fsp3) is 0.381. The molecule has 0 amide bonds. The Morgan fingerprint density at radius 2 is 1.89 bits per heavy atom. The number of benzene rings is 1. The Morgan fingerprint density at radius 1 is 1.22 bits per heavy atom. The average Bonchev–Trinajstić information content (AvgIpc) is 2.67. The Bertz CT molecular complexity index is 940. The van der Waals surface area contributed by atoms with Crippen molar-refractivity contribution in [3.05, 3.63) is 57.8 Å². The van der Waals surface area contributed by atoms with Gasteiger partial charge in [0.2, 0.25) is 5.41 Å². The maximum atomic E-state index is 9.89. The summed E-state index contributed by atoms with van der Waals surface area (Å²) in [6.07, 6.45) is 1.92. The number of fused-ring (bicyclic) bond motifs is 1. The van der Waals surface area contributed by atoms with Gasteiger partial charge in [0.15, 0.2) is 0 Å². The first-order valence-electron chi connectivity index (χ1n) is 8.83. The lowest BCUT2D eigenvalue weighted by atomic mass is 9.59. The van der Waals surface area contributed by atoms with E-state index in [1.54, 1.807) is 6.07 Å². The summed E-state index contributed by atoms with van der Waals surface area (Å²) in [7, 11) is 0. The van der Waals surface area contributed by atoms with Crippen LogP contribution in [-0.4, -0.2) is 24.0 Å².